The Kier molecular flexibility index (Phi) is 8.36. The van der Waals surface area contributed by atoms with Gasteiger partial charge in [0.15, 0.2) is 0 Å². The summed E-state index contributed by atoms with van der Waals surface area (Å²) >= 11 is 0. The van der Waals surface area contributed by atoms with Crippen molar-refractivity contribution in [3.63, 3.8) is 0 Å². The van der Waals surface area contributed by atoms with E-state index in [2.05, 4.69) is 62.1 Å². The Morgan fingerprint density at radius 1 is 0.774 bits per heavy atom. The summed E-state index contributed by atoms with van der Waals surface area (Å²) in [4.78, 5) is 24.6. The summed E-state index contributed by atoms with van der Waals surface area (Å²) < 4.78 is 0. The van der Waals surface area contributed by atoms with Crippen LogP contribution in [0.5, 0.6) is 0 Å². The van der Waals surface area contributed by atoms with Crippen molar-refractivity contribution < 1.29 is 9.59 Å². The smallest absolute Gasteiger partial charge is 0.224 e. The van der Waals surface area contributed by atoms with E-state index in [4.69, 9.17) is 0 Å². The SMILES string of the molecule is C=C[Si](C)(C)c1cccc(NC(=O)CCCC(=O)Nc2cccc([Si](C)(C)C=C)c2)c1. The van der Waals surface area contributed by atoms with Crippen LogP contribution in [0.2, 0.25) is 26.2 Å². The van der Waals surface area contributed by atoms with Gasteiger partial charge in [0.05, 0.1) is 0 Å². The highest BCUT2D eigenvalue weighted by atomic mass is 28.3. The lowest BCUT2D eigenvalue weighted by atomic mass is 10.2. The molecule has 2 N–H and O–H groups in total. The Morgan fingerprint density at radius 2 is 1.16 bits per heavy atom. The first-order chi connectivity index (χ1) is 14.6. The molecule has 0 aliphatic carbocycles. The van der Waals surface area contributed by atoms with Crippen molar-refractivity contribution in [1.82, 2.24) is 0 Å². The molecule has 2 amide bonds. The van der Waals surface area contributed by atoms with Crippen LogP contribution in [-0.2, 0) is 9.59 Å². The minimum Gasteiger partial charge on any atom is -0.326 e. The molecule has 6 heteroatoms. The third kappa shape index (κ3) is 7.19. The summed E-state index contributed by atoms with van der Waals surface area (Å²) in [5, 5.41) is 8.34. The number of rotatable bonds is 10. The maximum Gasteiger partial charge on any atom is 0.224 e. The van der Waals surface area contributed by atoms with E-state index in [1.54, 1.807) is 0 Å². The zero-order valence-corrected chi connectivity index (χ0v) is 21.1. The van der Waals surface area contributed by atoms with Gasteiger partial charge < -0.3 is 10.6 Å². The highest BCUT2D eigenvalue weighted by Crippen LogP contribution is 2.13. The predicted molar refractivity (Wildman–Crippen MR) is 139 cm³/mol. The Morgan fingerprint density at radius 3 is 1.52 bits per heavy atom. The molecule has 2 aromatic carbocycles. The van der Waals surface area contributed by atoms with Crippen molar-refractivity contribution in [3.05, 3.63) is 73.1 Å². The van der Waals surface area contributed by atoms with Crippen molar-refractivity contribution in [3.8, 4) is 0 Å². The van der Waals surface area contributed by atoms with Gasteiger partial charge in [-0.25, -0.2) is 0 Å². The van der Waals surface area contributed by atoms with Gasteiger partial charge in [-0.1, -0.05) is 72.2 Å². The molecule has 0 aliphatic rings. The molecule has 0 aliphatic heterocycles. The molecule has 2 aromatic rings. The lowest BCUT2D eigenvalue weighted by Gasteiger charge is -2.19. The summed E-state index contributed by atoms with van der Waals surface area (Å²) in [7, 11) is -3.35. The van der Waals surface area contributed by atoms with Crippen LogP contribution < -0.4 is 21.0 Å². The quantitative estimate of drug-likeness (QED) is 0.515. The zero-order chi connectivity index (χ0) is 23.1. The number of carbonyl (C=O) groups excluding carboxylic acids is 2. The maximum atomic E-state index is 12.3. The molecule has 0 heterocycles. The Balaban J connectivity index is 1.85. The Bertz CT molecular complexity index is 890. The largest absolute Gasteiger partial charge is 0.326 e. The first-order valence-electron chi connectivity index (χ1n) is 10.7. The molecule has 0 bridgehead atoms. The average Bonchev–Trinajstić information content (AvgIpc) is 2.74. The van der Waals surface area contributed by atoms with Gasteiger partial charge in [-0.2, -0.15) is 0 Å². The fourth-order valence-corrected chi connectivity index (χ4v) is 5.67. The second-order valence-corrected chi connectivity index (χ2v) is 17.8. The molecule has 164 valence electrons. The number of amides is 2. The molecule has 4 nitrogen and oxygen atoms in total. The van der Waals surface area contributed by atoms with E-state index in [0.717, 1.165) is 11.4 Å². The molecule has 0 spiro atoms. The average molecular weight is 451 g/mol. The van der Waals surface area contributed by atoms with Crippen LogP contribution in [0.4, 0.5) is 11.4 Å². The number of hydrogen-bond donors (Lipinski definition) is 2. The van der Waals surface area contributed by atoms with Gasteiger partial charge in [0.1, 0.15) is 16.1 Å². The molecule has 0 aromatic heterocycles. The van der Waals surface area contributed by atoms with Gasteiger partial charge in [-0.3, -0.25) is 9.59 Å². The van der Waals surface area contributed by atoms with Crippen LogP contribution in [0.25, 0.3) is 0 Å². The zero-order valence-electron chi connectivity index (χ0n) is 19.1. The highest BCUT2D eigenvalue weighted by molar-refractivity contribution is 6.94. The van der Waals surface area contributed by atoms with Crippen LogP contribution in [0.3, 0.4) is 0 Å². The van der Waals surface area contributed by atoms with E-state index in [-0.39, 0.29) is 11.8 Å². The summed E-state index contributed by atoms with van der Waals surface area (Å²) in [5.41, 5.74) is 5.64. The molecule has 0 saturated carbocycles. The fraction of sp³-hybridized carbons (Fsp3) is 0.280. The van der Waals surface area contributed by atoms with E-state index in [0.29, 0.717) is 19.3 Å². The van der Waals surface area contributed by atoms with Crippen LogP contribution in [0.15, 0.2) is 73.1 Å². The monoisotopic (exact) mass is 450 g/mol. The van der Waals surface area contributed by atoms with Crippen molar-refractivity contribution in [2.75, 3.05) is 10.6 Å². The first-order valence-corrected chi connectivity index (χ1v) is 16.8. The van der Waals surface area contributed by atoms with Gasteiger partial charge in [0.25, 0.3) is 0 Å². The van der Waals surface area contributed by atoms with E-state index in [1.807, 2.05) is 47.8 Å². The van der Waals surface area contributed by atoms with Crippen LogP contribution in [-0.4, -0.2) is 28.0 Å². The predicted octanol–water partition coefficient (Wildman–Crippen LogP) is 4.72. The summed E-state index contributed by atoms with van der Waals surface area (Å²) in [6.45, 7) is 16.8. The van der Waals surface area contributed by atoms with E-state index in [9.17, 15) is 9.59 Å². The highest BCUT2D eigenvalue weighted by Gasteiger charge is 2.20. The molecule has 0 radical (unpaired) electrons. The van der Waals surface area contributed by atoms with Crippen LogP contribution >= 0.6 is 0 Å². The number of hydrogen-bond acceptors (Lipinski definition) is 2. The third-order valence-electron chi connectivity index (χ3n) is 5.61. The van der Waals surface area contributed by atoms with Gasteiger partial charge in [-0.05, 0) is 30.7 Å². The second-order valence-electron chi connectivity index (χ2n) is 8.96. The van der Waals surface area contributed by atoms with Gasteiger partial charge in [-0.15, -0.1) is 13.2 Å². The van der Waals surface area contributed by atoms with E-state index >= 15 is 0 Å². The van der Waals surface area contributed by atoms with Crippen molar-refractivity contribution in [2.45, 2.75) is 45.5 Å². The van der Waals surface area contributed by atoms with Crippen LogP contribution in [0.1, 0.15) is 19.3 Å². The summed E-state index contributed by atoms with van der Waals surface area (Å²) in [6.07, 6.45) is 1.10. The molecule has 2 rings (SSSR count). The van der Waals surface area contributed by atoms with Gasteiger partial charge in [0, 0.05) is 24.2 Å². The third-order valence-corrected chi connectivity index (χ3v) is 11.2. The molecular formula is C25H34N2O2Si2. The normalized spacial score (nSPS) is 11.5. The van der Waals surface area contributed by atoms with Gasteiger partial charge in [0.2, 0.25) is 11.8 Å². The Labute approximate surface area is 188 Å². The van der Waals surface area contributed by atoms with Crippen molar-refractivity contribution >= 4 is 49.7 Å². The molecule has 0 saturated heterocycles. The van der Waals surface area contributed by atoms with Crippen molar-refractivity contribution in [2.24, 2.45) is 0 Å². The maximum absolute atomic E-state index is 12.3. The van der Waals surface area contributed by atoms with Gasteiger partial charge >= 0.3 is 0 Å². The number of anilines is 2. The molecule has 0 unspecified atom stereocenters. The molecule has 31 heavy (non-hydrogen) atoms. The summed E-state index contributed by atoms with van der Waals surface area (Å²) in [6, 6.07) is 15.9. The fourth-order valence-electron chi connectivity index (χ4n) is 3.09. The number of nitrogens with one attached hydrogen (secondary N) is 2. The second kappa shape index (κ2) is 10.5. The minimum absolute atomic E-state index is 0.0799. The van der Waals surface area contributed by atoms with Crippen molar-refractivity contribution in [1.29, 1.82) is 0 Å². The van der Waals surface area contributed by atoms with E-state index in [1.165, 1.54) is 10.4 Å². The standard InChI is InChI=1S/C25H34N2O2Si2/c1-7-30(3,4)22-14-9-12-20(18-22)26-24(28)16-11-17-25(29)27-21-13-10-15-23(19-21)31(5,6)8-2/h7-10,12-15,18-19H,1-2,11,16-17H2,3-6H3,(H,26,28)(H,27,29). The lowest BCUT2D eigenvalue weighted by molar-refractivity contribution is -0.117. The minimum atomic E-state index is -1.68. The number of benzene rings is 2. The Hall–Kier alpha value is -2.71. The lowest BCUT2D eigenvalue weighted by Crippen LogP contribution is -2.39. The molecular weight excluding hydrogens is 416 g/mol. The molecule has 0 atom stereocenters. The molecule has 0 fully saturated rings. The van der Waals surface area contributed by atoms with E-state index < -0.39 is 16.1 Å². The summed E-state index contributed by atoms with van der Waals surface area (Å²) in [5.74, 6) is -0.160. The number of carbonyl (C=O) groups is 2. The first kappa shape index (κ1) is 24.6. The topological polar surface area (TPSA) is 58.2 Å². The van der Waals surface area contributed by atoms with Crippen LogP contribution in [0, 0.1) is 0 Å².